The lowest BCUT2D eigenvalue weighted by Crippen LogP contribution is -2.23. The van der Waals surface area contributed by atoms with Gasteiger partial charge in [0, 0.05) is 29.0 Å². The minimum Gasteiger partial charge on any atom is -0.311 e. The second-order valence-electron chi connectivity index (χ2n) is 5.96. The molecule has 1 amide bonds. The third kappa shape index (κ3) is 2.03. The van der Waals surface area contributed by atoms with E-state index in [0.29, 0.717) is 12.2 Å². The lowest BCUT2D eigenvalue weighted by molar-refractivity contribution is -0.116. The molecular formula is C13H17N5O. The van der Waals surface area contributed by atoms with Crippen LogP contribution in [0.5, 0.6) is 0 Å². The third-order valence-corrected chi connectivity index (χ3v) is 3.44. The van der Waals surface area contributed by atoms with Crippen LogP contribution in [0.3, 0.4) is 0 Å². The second-order valence-corrected chi connectivity index (χ2v) is 5.96. The average Bonchev–Trinajstić information content (AvgIpc) is 2.94. The Morgan fingerprint density at radius 3 is 2.79 bits per heavy atom. The standard InChI is InChI=1S/C13H17N5O/c1-13(2,3)10-5-9(16-17-10)7-4-11(19)15-12-8(7)6-14-18-12/h5-7H,4H2,1-3H3,(H,16,17)(H2,14,15,18,19). The summed E-state index contributed by atoms with van der Waals surface area (Å²) in [6.45, 7) is 6.34. The summed E-state index contributed by atoms with van der Waals surface area (Å²) in [5, 5.41) is 17.0. The molecule has 100 valence electrons. The zero-order valence-corrected chi connectivity index (χ0v) is 11.2. The van der Waals surface area contributed by atoms with Crippen molar-refractivity contribution in [3.05, 3.63) is 29.2 Å². The Bertz CT molecular complexity index is 619. The van der Waals surface area contributed by atoms with Crippen LogP contribution in [0.25, 0.3) is 0 Å². The van der Waals surface area contributed by atoms with E-state index in [-0.39, 0.29) is 17.2 Å². The molecule has 6 heteroatoms. The largest absolute Gasteiger partial charge is 0.311 e. The fourth-order valence-electron chi connectivity index (χ4n) is 2.32. The molecule has 2 aromatic heterocycles. The Balaban J connectivity index is 2.00. The van der Waals surface area contributed by atoms with Gasteiger partial charge in [-0.15, -0.1) is 0 Å². The summed E-state index contributed by atoms with van der Waals surface area (Å²) >= 11 is 0. The van der Waals surface area contributed by atoms with Crippen molar-refractivity contribution in [3.63, 3.8) is 0 Å². The highest BCUT2D eigenvalue weighted by atomic mass is 16.1. The Morgan fingerprint density at radius 1 is 1.32 bits per heavy atom. The van der Waals surface area contributed by atoms with Crippen LogP contribution >= 0.6 is 0 Å². The summed E-state index contributed by atoms with van der Waals surface area (Å²) in [4.78, 5) is 11.7. The molecule has 0 aromatic carbocycles. The van der Waals surface area contributed by atoms with E-state index in [2.05, 4.69) is 46.5 Å². The molecule has 1 aliphatic heterocycles. The molecule has 1 aliphatic rings. The molecular weight excluding hydrogens is 242 g/mol. The van der Waals surface area contributed by atoms with Crippen molar-refractivity contribution in [2.75, 3.05) is 5.32 Å². The Morgan fingerprint density at radius 2 is 2.11 bits per heavy atom. The van der Waals surface area contributed by atoms with Crippen molar-refractivity contribution in [1.29, 1.82) is 0 Å². The van der Waals surface area contributed by atoms with Crippen molar-refractivity contribution < 1.29 is 4.79 Å². The molecule has 2 aromatic rings. The van der Waals surface area contributed by atoms with Crippen LogP contribution in [-0.2, 0) is 10.2 Å². The number of hydrogen-bond donors (Lipinski definition) is 3. The SMILES string of the molecule is CC(C)(C)c1cc(C2CC(=O)Nc3[nH]ncc32)[nH]n1. The van der Waals surface area contributed by atoms with Gasteiger partial charge in [-0.1, -0.05) is 20.8 Å². The fraction of sp³-hybridized carbons (Fsp3) is 0.462. The Kier molecular flexibility index (Phi) is 2.48. The highest BCUT2D eigenvalue weighted by molar-refractivity contribution is 5.94. The predicted octanol–water partition coefficient (Wildman–Crippen LogP) is 1.90. The van der Waals surface area contributed by atoms with Gasteiger partial charge in [-0.2, -0.15) is 10.2 Å². The first kappa shape index (κ1) is 12.0. The highest BCUT2D eigenvalue weighted by Gasteiger charge is 2.30. The van der Waals surface area contributed by atoms with Crippen LogP contribution in [0.2, 0.25) is 0 Å². The number of aromatic nitrogens is 4. The summed E-state index contributed by atoms with van der Waals surface area (Å²) in [5.74, 6) is 0.674. The maximum atomic E-state index is 11.7. The van der Waals surface area contributed by atoms with Crippen LogP contribution < -0.4 is 5.32 Å². The Labute approximate surface area is 111 Å². The number of rotatable bonds is 1. The van der Waals surface area contributed by atoms with Gasteiger partial charge in [0.1, 0.15) is 5.82 Å². The lowest BCUT2D eigenvalue weighted by atomic mass is 9.88. The first-order chi connectivity index (χ1) is 8.95. The van der Waals surface area contributed by atoms with Gasteiger partial charge in [-0.25, -0.2) is 0 Å². The normalized spacial score (nSPS) is 19.1. The average molecular weight is 259 g/mol. The quantitative estimate of drug-likeness (QED) is 0.731. The fourth-order valence-corrected chi connectivity index (χ4v) is 2.32. The minimum atomic E-state index is -0.00903. The van der Waals surface area contributed by atoms with E-state index in [4.69, 9.17) is 0 Å². The zero-order chi connectivity index (χ0) is 13.6. The van der Waals surface area contributed by atoms with E-state index >= 15 is 0 Å². The maximum Gasteiger partial charge on any atom is 0.226 e. The summed E-state index contributed by atoms with van der Waals surface area (Å²) in [6.07, 6.45) is 2.18. The number of aromatic amines is 2. The number of nitrogens with one attached hydrogen (secondary N) is 3. The van der Waals surface area contributed by atoms with E-state index in [1.165, 1.54) is 0 Å². The predicted molar refractivity (Wildman–Crippen MR) is 71.0 cm³/mol. The second kappa shape index (κ2) is 3.94. The molecule has 0 saturated carbocycles. The summed E-state index contributed by atoms with van der Waals surface area (Å²) in [6, 6.07) is 2.04. The molecule has 3 heterocycles. The molecule has 3 rings (SSSR count). The molecule has 0 aliphatic carbocycles. The van der Waals surface area contributed by atoms with Crippen LogP contribution in [0.4, 0.5) is 5.82 Å². The highest BCUT2D eigenvalue weighted by Crippen LogP contribution is 2.35. The summed E-state index contributed by atoms with van der Waals surface area (Å²) in [7, 11) is 0. The van der Waals surface area contributed by atoms with Gasteiger partial charge >= 0.3 is 0 Å². The van der Waals surface area contributed by atoms with E-state index in [1.54, 1.807) is 6.20 Å². The topological polar surface area (TPSA) is 86.5 Å². The first-order valence-corrected chi connectivity index (χ1v) is 6.34. The molecule has 1 unspecified atom stereocenters. The van der Waals surface area contributed by atoms with Crippen LogP contribution in [0.15, 0.2) is 12.3 Å². The van der Waals surface area contributed by atoms with Gasteiger partial charge in [0.15, 0.2) is 0 Å². The zero-order valence-electron chi connectivity index (χ0n) is 11.2. The number of hydrogen-bond acceptors (Lipinski definition) is 3. The molecule has 3 N–H and O–H groups in total. The van der Waals surface area contributed by atoms with E-state index in [1.807, 2.05) is 6.07 Å². The van der Waals surface area contributed by atoms with Gasteiger partial charge in [0.05, 0.1) is 11.9 Å². The van der Waals surface area contributed by atoms with Crippen LogP contribution in [0.1, 0.15) is 50.1 Å². The van der Waals surface area contributed by atoms with Crippen molar-refractivity contribution in [1.82, 2.24) is 20.4 Å². The minimum absolute atomic E-state index is 0.00587. The number of anilines is 1. The Hall–Kier alpha value is -2.11. The molecule has 0 saturated heterocycles. The van der Waals surface area contributed by atoms with E-state index < -0.39 is 0 Å². The monoisotopic (exact) mass is 259 g/mol. The maximum absolute atomic E-state index is 11.7. The molecule has 0 spiro atoms. The molecule has 0 fully saturated rings. The van der Waals surface area contributed by atoms with Crippen molar-refractivity contribution in [2.45, 2.75) is 38.5 Å². The van der Waals surface area contributed by atoms with Gasteiger partial charge in [-0.05, 0) is 6.07 Å². The number of carbonyl (C=O) groups excluding carboxylic acids is 1. The van der Waals surface area contributed by atoms with Crippen molar-refractivity contribution in [2.24, 2.45) is 0 Å². The van der Waals surface area contributed by atoms with Gasteiger partial charge in [0.2, 0.25) is 5.91 Å². The first-order valence-electron chi connectivity index (χ1n) is 6.34. The summed E-state index contributed by atoms with van der Waals surface area (Å²) in [5.41, 5.74) is 2.95. The van der Waals surface area contributed by atoms with E-state index in [9.17, 15) is 4.79 Å². The van der Waals surface area contributed by atoms with Gasteiger partial charge in [-0.3, -0.25) is 15.0 Å². The van der Waals surface area contributed by atoms with Crippen molar-refractivity contribution >= 4 is 11.7 Å². The number of fused-ring (bicyclic) bond motifs is 1. The van der Waals surface area contributed by atoms with E-state index in [0.717, 1.165) is 17.0 Å². The van der Waals surface area contributed by atoms with Crippen LogP contribution in [0, 0.1) is 0 Å². The smallest absolute Gasteiger partial charge is 0.226 e. The summed E-state index contributed by atoms with van der Waals surface area (Å²) < 4.78 is 0. The number of amides is 1. The van der Waals surface area contributed by atoms with Crippen LogP contribution in [-0.4, -0.2) is 26.3 Å². The van der Waals surface area contributed by atoms with Crippen molar-refractivity contribution in [3.8, 4) is 0 Å². The number of carbonyl (C=O) groups is 1. The molecule has 0 bridgehead atoms. The van der Waals surface area contributed by atoms with Gasteiger partial charge in [0.25, 0.3) is 0 Å². The molecule has 6 nitrogen and oxygen atoms in total. The molecule has 0 radical (unpaired) electrons. The number of nitrogens with zero attached hydrogens (tertiary/aromatic N) is 2. The lowest BCUT2D eigenvalue weighted by Gasteiger charge is -2.20. The van der Waals surface area contributed by atoms with Gasteiger partial charge < -0.3 is 5.32 Å². The number of H-pyrrole nitrogens is 2. The third-order valence-electron chi connectivity index (χ3n) is 3.44. The molecule has 1 atom stereocenters. The molecule has 19 heavy (non-hydrogen) atoms.